The monoisotopic (exact) mass is 228 g/mol. The van der Waals surface area contributed by atoms with Gasteiger partial charge in [-0.15, -0.1) is 0 Å². The molecule has 0 aliphatic carbocycles. The van der Waals surface area contributed by atoms with Crippen molar-refractivity contribution in [2.24, 2.45) is 0 Å². The third kappa shape index (κ3) is 2.02. The van der Waals surface area contributed by atoms with E-state index in [1.165, 1.54) is 18.3 Å². The zero-order chi connectivity index (χ0) is 11.0. The van der Waals surface area contributed by atoms with E-state index < -0.39 is 6.17 Å². The maximum absolute atomic E-state index is 13.0. The Labute approximate surface area is 91.9 Å². The van der Waals surface area contributed by atoms with Gasteiger partial charge in [-0.25, -0.2) is 9.37 Å². The van der Waals surface area contributed by atoms with Gasteiger partial charge in [0.25, 0.3) is 0 Å². The first-order chi connectivity index (χ1) is 7.08. The topological polar surface area (TPSA) is 33.2 Å². The number of carbonyl (C=O) groups is 1. The minimum absolute atomic E-state index is 0.0345. The molecule has 1 fully saturated rings. The maximum atomic E-state index is 13.0. The summed E-state index contributed by atoms with van der Waals surface area (Å²) in [6.07, 6.45) is -0.191. The van der Waals surface area contributed by atoms with Gasteiger partial charge in [0.2, 0.25) is 0 Å². The molecule has 3 nitrogen and oxygen atoms in total. The number of hydrogen-bond donors (Lipinski definition) is 0. The van der Waals surface area contributed by atoms with Crippen LogP contribution in [0, 0.1) is 6.92 Å². The lowest BCUT2D eigenvalue weighted by molar-refractivity contribution is 0.102. The predicted molar refractivity (Wildman–Crippen MR) is 58.6 cm³/mol. The number of alkyl halides is 1. The van der Waals surface area contributed by atoms with Crippen molar-refractivity contribution in [3.05, 3.63) is 10.6 Å². The molecule has 1 atom stereocenters. The number of anilines is 1. The highest BCUT2D eigenvalue weighted by Crippen LogP contribution is 2.29. The molecule has 0 amide bonds. The smallest absolute Gasteiger partial charge is 0.186 e. The van der Waals surface area contributed by atoms with Crippen molar-refractivity contribution in [1.82, 2.24) is 4.98 Å². The lowest BCUT2D eigenvalue weighted by atomic mass is 10.3. The predicted octanol–water partition coefficient (Wildman–Crippen LogP) is 2.20. The van der Waals surface area contributed by atoms with Crippen LogP contribution >= 0.6 is 11.3 Å². The van der Waals surface area contributed by atoms with Crippen LogP contribution in [0.5, 0.6) is 0 Å². The normalized spacial score (nSPS) is 21.0. The van der Waals surface area contributed by atoms with Gasteiger partial charge in [0, 0.05) is 13.5 Å². The molecule has 5 heteroatoms. The Morgan fingerprint density at radius 3 is 2.87 bits per heavy atom. The average Bonchev–Trinajstić information content (AvgIpc) is 2.71. The molecular weight excluding hydrogens is 215 g/mol. The molecule has 15 heavy (non-hydrogen) atoms. The molecule has 2 heterocycles. The van der Waals surface area contributed by atoms with E-state index >= 15 is 0 Å². The quantitative estimate of drug-likeness (QED) is 0.728. The Morgan fingerprint density at radius 2 is 2.40 bits per heavy atom. The van der Waals surface area contributed by atoms with Crippen molar-refractivity contribution in [2.75, 3.05) is 18.0 Å². The van der Waals surface area contributed by atoms with Crippen LogP contribution in [0.15, 0.2) is 0 Å². The fourth-order valence-corrected chi connectivity index (χ4v) is 2.73. The van der Waals surface area contributed by atoms with E-state index in [9.17, 15) is 9.18 Å². The van der Waals surface area contributed by atoms with Crippen LogP contribution in [0.25, 0.3) is 0 Å². The number of nitrogens with zero attached hydrogens (tertiary/aromatic N) is 2. The van der Waals surface area contributed by atoms with Crippen LogP contribution in [-0.4, -0.2) is 30.0 Å². The van der Waals surface area contributed by atoms with Gasteiger partial charge < -0.3 is 4.90 Å². The molecule has 2 rings (SSSR count). The summed E-state index contributed by atoms with van der Waals surface area (Å²) < 4.78 is 13.0. The molecule has 1 aromatic heterocycles. The summed E-state index contributed by atoms with van der Waals surface area (Å²) in [5.74, 6) is 0.0345. The van der Waals surface area contributed by atoms with Gasteiger partial charge >= 0.3 is 0 Å². The minimum atomic E-state index is -0.755. The number of Topliss-reactive ketones (excluding diaryl/α,β-unsaturated/α-hetero) is 1. The highest BCUT2D eigenvalue weighted by atomic mass is 32.1. The second-order valence-corrected chi connectivity index (χ2v) is 4.78. The van der Waals surface area contributed by atoms with Crippen molar-refractivity contribution in [2.45, 2.75) is 26.4 Å². The number of aryl methyl sites for hydroxylation is 1. The van der Waals surface area contributed by atoms with Crippen LogP contribution in [0.3, 0.4) is 0 Å². The Hall–Kier alpha value is -0.970. The molecule has 0 aromatic carbocycles. The maximum Gasteiger partial charge on any atom is 0.186 e. The van der Waals surface area contributed by atoms with Gasteiger partial charge in [0.05, 0.1) is 17.1 Å². The van der Waals surface area contributed by atoms with Crippen molar-refractivity contribution >= 4 is 22.3 Å². The summed E-state index contributed by atoms with van der Waals surface area (Å²) in [4.78, 5) is 18.1. The Kier molecular flexibility index (Phi) is 2.73. The van der Waals surface area contributed by atoms with Crippen molar-refractivity contribution in [1.29, 1.82) is 0 Å². The summed E-state index contributed by atoms with van der Waals surface area (Å²) in [6.45, 7) is 4.46. The van der Waals surface area contributed by atoms with Gasteiger partial charge in [0.15, 0.2) is 10.9 Å². The Balaban J connectivity index is 2.23. The average molecular weight is 228 g/mol. The SMILES string of the molecule is CC(=O)c1sc(N2CC[C@H](F)C2)nc1C. The Bertz CT molecular complexity index is 391. The molecule has 0 saturated carbocycles. The molecule has 0 radical (unpaired) electrons. The highest BCUT2D eigenvalue weighted by Gasteiger charge is 2.25. The van der Waals surface area contributed by atoms with Crippen molar-refractivity contribution in [3.8, 4) is 0 Å². The van der Waals surface area contributed by atoms with Crippen LogP contribution in [-0.2, 0) is 0 Å². The van der Waals surface area contributed by atoms with E-state index in [0.717, 1.165) is 10.8 Å². The number of hydrogen-bond acceptors (Lipinski definition) is 4. The lowest BCUT2D eigenvalue weighted by Crippen LogP contribution is -2.19. The molecule has 1 aliphatic heterocycles. The van der Waals surface area contributed by atoms with Gasteiger partial charge in [0.1, 0.15) is 6.17 Å². The second kappa shape index (κ2) is 3.89. The van der Waals surface area contributed by atoms with E-state index in [0.29, 0.717) is 24.4 Å². The molecule has 1 saturated heterocycles. The van der Waals surface area contributed by atoms with E-state index in [2.05, 4.69) is 4.98 Å². The van der Waals surface area contributed by atoms with Gasteiger partial charge in [-0.3, -0.25) is 4.79 Å². The first-order valence-corrected chi connectivity index (χ1v) is 5.77. The largest absolute Gasteiger partial charge is 0.345 e. The fraction of sp³-hybridized carbons (Fsp3) is 0.600. The highest BCUT2D eigenvalue weighted by molar-refractivity contribution is 7.17. The van der Waals surface area contributed by atoms with Crippen molar-refractivity contribution < 1.29 is 9.18 Å². The zero-order valence-electron chi connectivity index (χ0n) is 8.79. The van der Waals surface area contributed by atoms with Crippen LogP contribution in [0.4, 0.5) is 9.52 Å². The van der Waals surface area contributed by atoms with E-state index in [-0.39, 0.29) is 5.78 Å². The van der Waals surface area contributed by atoms with Gasteiger partial charge in [-0.2, -0.15) is 0 Å². The third-order valence-electron chi connectivity index (χ3n) is 2.51. The van der Waals surface area contributed by atoms with Gasteiger partial charge in [-0.1, -0.05) is 11.3 Å². The molecule has 82 valence electrons. The summed E-state index contributed by atoms with van der Waals surface area (Å²) in [6, 6.07) is 0. The lowest BCUT2D eigenvalue weighted by Gasteiger charge is -2.12. The second-order valence-electron chi connectivity index (χ2n) is 3.80. The fourth-order valence-electron chi connectivity index (χ4n) is 1.74. The summed E-state index contributed by atoms with van der Waals surface area (Å²) >= 11 is 1.37. The third-order valence-corrected chi connectivity index (χ3v) is 3.83. The van der Waals surface area contributed by atoms with Crippen LogP contribution < -0.4 is 4.90 Å². The summed E-state index contributed by atoms with van der Waals surface area (Å²) in [7, 11) is 0. The standard InChI is InChI=1S/C10H13FN2OS/c1-6-9(7(2)14)15-10(12-6)13-4-3-8(11)5-13/h8H,3-5H2,1-2H3/t8-/m0/s1. The molecule has 0 unspecified atom stereocenters. The molecule has 0 spiro atoms. The number of carbonyl (C=O) groups excluding carboxylic acids is 1. The summed E-state index contributed by atoms with van der Waals surface area (Å²) in [5, 5.41) is 0.776. The minimum Gasteiger partial charge on any atom is -0.345 e. The molecule has 0 bridgehead atoms. The number of thiazole rings is 1. The first kappa shape index (κ1) is 10.5. The molecular formula is C10H13FN2OS. The van der Waals surface area contributed by atoms with E-state index in [4.69, 9.17) is 0 Å². The summed E-state index contributed by atoms with van der Waals surface area (Å²) in [5.41, 5.74) is 0.754. The van der Waals surface area contributed by atoms with Crippen LogP contribution in [0.2, 0.25) is 0 Å². The number of halogens is 1. The van der Waals surface area contributed by atoms with Crippen molar-refractivity contribution in [3.63, 3.8) is 0 Å². The molecule has 1 aromatic rings. The zero-order valence-corrected chi connectivity index (χ0v) is 9.60. The van der Waals surface area contributed by atoms with Crippen LogP contribution in [0.1, 0.15) is 28.7 Å². The number of ketones is 1. The Morgan fingerprint density at radius 1 is 1.67 bits per heavy atom. The van der Waals surface area contributed by atoms with E-state index in [1.54, 1.807) is 0 Å². The number of aromatic nitrogens is 1. The molecule has 1 aliphatic rings. The number of rotatable bonds is 2. The first-order valence-electron chi connectivity index (χ1n) is 4.95. The van der Waals surface area contributed by atoms with E-state index in [1.807, 2.05) is 11.8 Å². The molecule has 0 N–H and O–H groups in total. The van der Waals surface area contributed by atoms with Gasteiger partial charge in [-0.05, 0) is 13.3 Å².